The second-order valence-electron chi connectivity index (χ2n) is 7.44. The maximum Gasteiger partial charge on any atom is 0.243 e. The minimum absolute atomic E-state index is 0.149. The number of imidazole rings is 1. The predicted molar refractivity (Wildman–Crippen MR) is 105 cm³/mol. The number of rotatable bonds is 5. The molecule has 150 valence electrons. The molecule has 0 N–H and O–H groups in total. The van der Waals surface area contributed by atoms with Crippen molar-refractivity contribution in [1.29, 1.82) is 0 Å². The Morgan fingerprint density at radius 2 is 1.86 bits per heavy atom. The number of hydrogen-bond acceptors (Lipinski definition) is 4. The minimum atomic E-state index is -3.57. The van der Waals surface area contributed by atoms with E-state index in [-0.39, 0.29) is 12.5 Å². The molecule has 4 rings (SSSR count). The largest absolute Gasteiger partial charge is 0.337 e. The van der Waals surface area contributed by atoms with E-state index < -0.39 is 10.0 Å². The summed E-state index contributed by atoms with van der Waals surface area (Å²) in [7, 11) is -3.57. The summed E-state index contributed by atoms with van der Waals surface area (Å²) in [5.74, 6) is 0.149. The highest BCUT2D eigenvalue weighted by molar-refractivity contribution is 7.89. The van der Waals surface area contributed by atoms with Crippen LogP contribution in [-0.2, 0) is 40.9 Å². The number of carbonyl (C=O) groups is 1. The molecule has 1 aromatic carbocycles. The van der Waals surface area contributed by atoms with E-state index in [1.807, 2.05) is 28.5 Å². The van der Waals surface area contributed by atoms with E-state index >= 15 is 0 Å². The summed E-state index contributed by atoms with van der Waals surface area (Å²) >= 11 is 0. The summed E-state index contributed by atoms with van der Waals surface area (Å²) in [5.41, 5.74) is 2.81. The fourth-order valence-electron chi connectivity index (χ4n) is 3.92. The average molecular weight is 403 g/mol. The van der Waals surface area contributed by atoms with Crippen LogP contribution in [0.4, 0.5) is 0 Å². The number of fused-ring (bicyclic) bond motifs is 1. The van der Waals surface area contributed by atoms with E-state index in [9.17, 15) is 13.2 Å². The van der Waals surface area contributed by atoms with Crippen LogP contribution in [0, 0.1) is 0 Å². The smallest absolute Gasteiger partial charge is 0.243 e. The van der Waals surface area contributed by atoms with Gasteiger partial charge in [0.25, 0.3) is 0 Å². The van der Waals surface area contributed by atoms with Crippen LogP contribution in [-0.4, -0.2) is 46.2 Å². The summed E-state index contributed by atoms with van der Waals surface area (Å²) < 4.78 is 30.0. The van der Waals surface area contributed by atoms with Crippen molar-refractivity contribution < 1.29 is 13.2 Å². The molecule has 2 aromatic rings. The van der Waals surface area contributed by atoms with Gasteiger partial charge in [0.05, 0.1) is 35.7 Å². The van der Waals surface area contributed by atoms with Crippen LogP contribution in [0.25, 0.3) is 0 Å². The van der Waals surface area contributed by atoms with Gasteiger partial charge in [0, 0.05) is 26.1 Å². The first kappa shape index (κ1) is 19.1. The molecule has 1 amide bonds. The highest BCUT2D eigenvalue weighted by Gasteiger charge is 2.30. The van der Waals surface area contributed by atoms with Gasteiger partial charge in [-0.1, -0.05) is 19.1 Å². The summed E-state index contributed by atoms with van der Waals surface area (Å²) in [6.07, 6.45) is 4.85. The highest BCUT2D eigenvalue weighted by atomic mass is 32.2. The van der Waals surface area contributed by atoms with Crippen molar-refractivity contribution in [3.63, 3.8) is 0 Å². The highest BCUT2D eigenvalue weighted by Crippen LogP contribution is 2.25. The van der Waals surface area contributed by atoms with Crippen molar-refractivity contribution >= 4 is 15.9 Å². The first-order valence-corrected chi connectivity index (χ1v) is 11.3. The first-order chi connectivity index (χ1) is 13.5. The van der Waals surface area contributed by atoms with Crippen LogP contribution in [0.15, 0.2) is 35.5 Å². The van der Waals surface area contributed by atoms with Crippen LogP contribution in [0.1, 0.15) is 43.1 Å². The predicted octanol–water partition coefficient (Wildman–Crippen LogP) is 2.16. The third kappa shape index (κ3) is 3.58. The lowest BCUT2D eigenvalue weighted by atomic mass is 10.2. The minimum Gasteiger partial charge on any atom is -0.337 e. The SMILES string of the molecule is CCc1ccc(S(=O)(=O)N2CCCn3cnc(CN4CCCC4=O)c3C2)cc1. The molecule has 2 aliphatic rings. The number of sulfonamides is 1. The van der Waals surface area contributed by atoms with Crippen LogP contribution in [0.2, 0.25) is 0 Å². The van der Waals surface area contributed by atoms with Crippen LogP contribution >= 0.6 is 0 Å². The van der Waals surface area contributed by atoms with E-state index in [1.54, 1.807) is 22.8 Å². The van der Waals surface area contributed by atoms with Gasteiger partial charge >= 0.3 is 0 Å². The third-order valence-corrected chi connectivity index (χ3v) is 7.51. The quantitative estimate of drug-likeness (QED) is 0.768. The van der Waals surface area contributed by atoms with Gasteiger partial charge in [0.15, 0.2) is 0 Å². The van der Waals surface area contributed by atoms with Gasteiger partial charge in [0.1, 0.15) is 0 Å². The van der Waals surface area contributed by atoms with E-state index in [2.05, 4.69) is 4.98 Å². The molecule has 7 nitrogen and oxygen atoms in total. The number of amides is 1. The second-order valence-corrected chi connectivity index (χ2v) is 9.38. The van der Waals surface area contributed by atoms with Gasteiger partial charge in [0.2, 0.25) is 15.9 Å². The topological polar surface area (TPSA) is 75.5 Å². The first-order valence-electron chi connectivity index (χ1n) is 9.89. The Kier molecular flexibility index (Phi) is 5.25. The van der Waals surface area contributed by atoms with Gasteiger partial charge in [-0.15, -0.1) is 0 Å². The lowest BCUT2D eigenvalue weighted by molar-refractivity contribution is -0.128. The average Bonchev–Trinajstić information content (AvgIpc) is 3.20. The van der Waals surface area contributed by atoms with E-state index in [0.717, 1.165) is 49.3 Å². The molecular weight excluding hydrogens is 376 g/mol. The van der Waals surface area contributed by atoms with Gasteiger partial charge < -0.3 is 9.47 Å². The number of carbonyl (C=O) groups excluding carboxylic acids is 1. The Bertz CT molecular complexity index is 966. The zero-order chi connectivity index (χ0) is 19.7. The fourth-order valence-corrected chi connectivity index (χ4v) is 5.36. The van der Waals surface area contributed by atoms with E-state index in [4.69, 9.17) is 0 Å². The Labute approximate surface area is 166 Å². The number of likely N-dealkylation sites (tertiary alicyclic amines) is 1. The summed E-state index contributed by atoms with van der Waals surface area (Å²) in [5, 5.41) is 0. The Morgan fingerprint density at radius 1 is 1.07 bits per heavy atom. The molecule has 0 bridgehead atoms. The Hall–Kier alpha value is -2.19. The van der Waals surface area contributed by atoms with Crippen molar-refractivity contribution in [3.05, 3.63) is 47.5 Å². The number of benzene rings is 1. The molecule has 1 aromatic heterocycles. The summed E-state index contributed by atoms with van der Waals surface area (Å²) in [6, 6.07) is 7.14. The molecular formula is C20H26N4O3S. The molecule has 2 aliphatic heterocycles. The molecule has 0 atom stereocenters. The Balaban J connectivity index is 1.59. The molecule has 3 heterocycles. The zero-order valence-electron chi connectivity index (χ0n) is 16.2. The van der Waals surface area contributed by atoms with Crippen molar-refractivity contribution in [2.24, 2.45) is 0 Å². The van der Waals surface area contributed by atoms with Gasteiger partial charge in [-0.3, -0.25) is 4.79 Å². The van der Waals surface area contributed by atoms with Crippen LogP contribution < -0.4 is 0 Å². The lowest BCUT2D eigenvalue weighted by Crippen LogP contribution is -2.31. The normalized spacial score (nSPS) is 18.3. The standard InChI is InChI=1S/C20H26N4O3S/c1-2-16-6-8-17(9-7-16)28(26,27)24-12-4-11-23-15-21-18(19(23)14-24)13-22-10-3-5-20(22)25/h6-9,15H,2-5,10-14H2,1H3. The number of aryl methyl sites for hydroxylation is 2. The van der Waals surface area contributed by atoms with Crippen molar-refractivity contribution in [1.82, 2.24) is 18.8 Å². The van der Waals surface area contributed by atoms with Gasteiger partial charge in [-0.2, -0.15) is 4.31 Å². The summed E-state index contributed by atoms with van der Waals surface area (Å²) in [4.78, 5) is 18.6. The maximum atomic E-state index is 13.2. The number of nitrogens with zero attached hydrogens (tertiary/aromatic N) is 4. The molecule has 0 radical (unpaired) electrons. The molecule has 1 saturated heterocycles. The number of hydrogen-bond donors (Lipinski definition) is 0. The zero-order valence-corrected chi connectivity index (χ0v) is 17.0. The fraction of sp³-hybridized carbons (Fsp3) is 0.500. The maximum absolute atomic E-state index is 13.2. The Morgan fingerprint density at radius 3 is 2.54 bits per heavy atom. The second kappa shape index (κ2) is 7.67. The third-order valence-electron chi connectivity index (χ3n) is 5.65. The monoisotopic (exact) mass is 402 g/mol. The molecule has 0 spiro atoms. The molecule has 8 heteroatoms. The van der Waals surface area contributed by atoms with Gasteiger partial charge in [-0.05, 0) is 37.0 Å². The van der Waals surface area contributed by atoms with Crippen molar-refractivity contribution in [3.8, 4) is 0 Å². The van der Waals surface area contributed by atoms with Crippen LogP contribution in [0.5, 0.6) is 0 Å². The summed E-state index contributed by atoms with van der Waals surface area (Å²) in [6.45, 7) is 4.75. The number of aromatic nitrogens is 2. The van der Waals surface area contributed by atoms with E-state index in [1.165, 1.54) is 0 Å². The lowest BCUT2D eigenvalue weighted by Gasteiger charge is -2.21. The van der Waals surface area contributed by atoms with Crippen molar-refractivity contribution in [2.75, 3.05) is 13.1 Å². The van der Waals surface area contributed by atoms with Crippen molar-refractivity contribution in [2.45, 2.75) is 57.1 Å². The van der Waals surface area contributed by atoms with Crippen LogP contribution in [0.3, 0.4) is 0 Å². The molecule has 0 aliphatic carbocycles. The van der Waals surface area contributed by atoms with E-state index in [0.29, 0.717) is 24.4 Å². The van der Waals surface area contributed by atoms with Gasteiger partial charge in [-0.25, -0.2) is 13.4 Å². The molecule has 28 heavy (non-hydrogen) atoms. The molecule has 1 fully saturated rings. The molecule has 0 unspecified atom stereocenters. The molecule has 0 saturated carbocycles.